The lowest BCUT2D eigenvalue weighted by molar-refractivity contribution is -0.136. The lowest BCUT2D eigenvalue weighted by Gasteiger charge is -2.27. The highest BCUT2D eigenvalue weighted by Gasteiger charge is 2.45. The van der Waals surface area contributed by atoms with Gasteiger partial charge in [0.25, 0.3) is 11.8 Å². The second-order valence-electron chi connectivity index (χ2n) is 14.7. The summed E-state index contributed by atoms with van der Waals surface area (Å²) < 4.78 is 28.1. The van der Waals surface area contributed by atoms with Gasteiger partial charge in [0.15, 0.2) is 0 Å². The van der Waals surface area contributed by atoms with Crippen molar-refractivity contribution in [3.05, 3.63) is 101 Å². The minimum Gasteiger partial charge on any atom is -0.382 e. The van der Waals surface area contributed by atoms with Crippen LogP contribution in [0, 0.1) is 6.92 Å². The molecule has 4 N–H and O–H groups in total. The maximum atomic E-state index is 13.2. The first kappa shape index (κ1) is 46.2. The first-order chi connectivity index (χ1) is 30.7. The molecule has 3 heterocycles. The first-order valence-electron chi connectivity index (χ1n) is 20.9. The topological polar surface area (TPSA) is 212 Å². The Morgan fingerprint density at radius 3 is 2.06 bits per heavy atom. The zero-order valence-corrected chi connectivity index (χ0v) is 35.6. The molecule has 1 fully saturated rings. The Bertz CT molecular complexity index is 2180. The molecule has 1 atom stereocenters. The molecule has 4 aromatic rings. The van der Waals surface area contributed by atoms with Gasteiger partial charge in [0, 0.05) is 55.4 Å². The second kappa shape index (κ2) is 23.8. The Kier molecular flexibility index (Phi) is 17.4. The van der Waals surface area contributed by atoms with E-state index in [2.05, 4.69) is 31.2 Å². The van der Waals surface area contributed by atoms with Crippen LogP contribution in [0.3, 0.4) is 0 Å². The molecule has 0 aliphatic carbocycles. The lowest BCUT2D eigenvalue weighted by Crippen LogP contribution is -2.54. The zero-order valence-electron chi connectivity index (χ0n) is 35.6. The average molecular weight is 867 g/mol. The maximum Gasteiger partial charge on any atom is 0.264 e. The van der Waals surface area contributed by atoms with E-state index in [1.165, 1.54) is 0 Å². The maximum absolute atomic E-state index is 13.2. The van der Waals surface area contributed by atoms with Crippen LogP contribution in [0.25, 0.3) is 0 Å². The van der Waals surface area contributed by atoms with Gasteiger partial charge in [-0.05, 0) is 55.3 Å². The number of aromatic nitrogens is 2. The van der Waals surface area contributed by atoms with Gasteiger partial charge in [-0.25, -0.2) is 4.98 Å². The molecule has 3 aromatic carbocycles. The Balaban J connectivity index is 0.747. The standard InChI is InChI=1S/C45H54N8O10/c1-31-29-38(50-45(47-31)49-34-13-11-33(12-14-34)48-40(55)30-32-7-4-3-5-8-32)52(2)18-20-60-22-24-62-26-28-63-27-25-61-23-21-59-19-17-46-36-10-6-9-35-41(36)44(58)53(43(35)57)37-15-16-39(54)51-42(37)56/h3-14,29,37,46H,15-28,30H2,1-2H3,(H,48,55)(H,47,49,50)(H,51,54,56). The number of imide groups is 2. The van der Waals surface area contributed by atoms with Gasteiger partial charge >= 0.3 is 0 Å². The summed E-state index contributed by atoms with van der Waals surface area (Å²) in [5.74, 6) is -1.04. The van der Waals surface area contributed by atoms with Gasteiger partial charge in [0.2, 0.25) is 23.7 Å². The van der Waals surface area contributed by atoms with E-state index in [0.29, 0.717) is 103 Å². The number of carbonyl (C=O) groups excluding carboxylic acids is 5. The summed E-state index contributed by atoms with van der Waals surface area (Å²) in [7, 11) is 1.95. The van der Waals surface area contributed by atoms with Gasteiger partial charge in [-0.2, -0.15) is 4.98 Å². The molecular weight excluding hydrogens is 813 g/mol. The van der Waals surface area contributed by atoms with Crippen LogP contribution in [0.15, 0.2) is 78.9 Å². The molecule has 2 aliphatic rings. The van der Waals surface area contributed by atoms with Crippen LogP contribution in [0.2, 0.25) is 0 Å². The Morgan fingerprint density at radius 2 is 1.40 bits per heavy atom. The van der Waals surface area contributed by atoms with Crippen molar-refractivity contribution >= 4 is 58.4 Å². The van der Waals surface area contributed by atoms with E-state index in [4.69, 9.17) is 23.7 Å². The van der Waals surface area contributed by atoms with Gasteiger partial charge in [-0.3, -0.25) is 34.2 Å². The summed E-state index contributed by atoms with van der Waals surface area (Å²) in [5, 5.41) is 11.5. The average Bonchev–Trinajstić information content (AvgIpc) is 3.52. The van der Waals surface area contributed by atoms with Crippen molar-refractivity contribution in [2.24, 2.45) is 0 Å². The number of fused-ring (bicyclic) bond motifs is 1. The van der Waals surface area contributed by atoms with Crippen LogP contribution in [-0.4, -0.2) is 137 Å². The van der Waals surface area contributed by atoms with E-state index in [0.717, 1.165) is 27.7 Å². The summed E-state index contributed by atoms with van der Waals surface area (Å²) in [5.41, 5.74) is 4.16. The van der Waals surface area contributed by atoms with Gasteiger partial charge < -0.3 is 44.5 Å². The fourth-order valence-corrected chi connectivity index (χ4v) is 6.77. The molecule has 0 saturated carbocycles. The number of nitrogens with zero attached hydrogens (tertiary/aromatic N) is 4. The molecule has 5 amide bonds. The molecule has 1 unspecified atom stereocenters. The van der Waals surface area contributed by atoms with Crippen molar-refractivity contribution in [1.82, 2.24) is 20.2 Å². The molecule has 0 radical (unpaired) electrons. The van der Waals surface area contributed by atoms with Crippen molar-refractivity contribution in [1.29, 1.82) is 0 Å². The third kappa shape index (κ3) is 13.8. The van der Waals surface area contributed by atoms with E-state index >= 15 is 0 Å². The summed E-state index contributed by atoms with van der Waals surface area (Å²) in [6.07, 6.45) is 0.467. The smallest absolute Gasteiger partial charge is 0.264 e. The van der Waals surface area contributed by atoms with E-state index < -0.39 is 29.7 Å². The van der Waals surface area contributed by atoms with E-state index in [9.17, 15) is 24.0 Å². The van der Waals surface area contributed by atoms with Crippen molar-refractivity contribution in [3.63, 3.8) is 0 Å². The SMILES string of the molecule is Cc1cc(N(C)CCOCCOCCOCCOCCOCCNc2cccc3c2C(=O)N(C2CCC(=O)NC2=O)C3=O)nc(Nc2ccc(NC(=O)Cc3ccccc3)cc2)n1. The fraction of sp³-hybridized carbons (Fsp3) is 0.400. The predicted octanol–water partition coefficient (Wildman–Crippen LogP) is 3.74. The van der Waals surface area contributed by atoms with Gasteiger partial charge in [-0.15, -0.1) is 0 Å². The number of nitrogens with one attached hydrogen (secondary N) is 4. The number of ether oxygens (including phenoxy) is 5. The number of anilines is 5. The van der Waals surface area contributed by atoms with Gasteiger partial charge in [0.05, 0.1) is 83.6 Å². The molecular formula is C45H54N8O10. The van der Waals surface area contributed by atoms with E-state index in [1.807, 2.05) is 79.5 Å². The van der Waals surface area contributed by atoms with Crippen LogP contribution < -0.4 is 26.2 Å². The third-order valence-electron chi connectivity index (χ3n) is 9.95. The summed E-state index contributed by atoms with van der Waals surface area (Å²) in [4.78, 5) is 74.6. The molecule has 0 spiro atoms. The summed E-state index contributed by atoms with van der Waals surface area (Å²) in [6.45, 7) is 7.03. The van der Waals surface area contributed by atoms with Crippen molar-refractivity contribution < 1.29 is 47.7 Å². The Morgan fingerprint density at radius 1 is 0.762 bits per heavy atom. The van der Waals surface area contributed by atoms with E-state index in [-0.39, 0.29) is 29.9 Å². The van der Waals surface area contributed by atoms with Crippen LogP contribution in [0.4, 0.5) is 28.8 Å². The van der Waals surface area contributed by atoms with Crippen LogP contribution in [0.5, 0.6) is 0 Å². The number of piperidine rings is 1. The molecule has 1 saturated heterocycles. The molecule has 18 heteroatoms. The molecule has 18 nitrogen and oxygen atoms in total. The van der Waals surface area contributed by atoms with Gasteiger partial charge in [-0.1, -0.05) is 36.4 Å². The fourth-order valence-electron chi connectivity index (χ4n) is 6.77. The number of carbonyl (C=O) groups is 5. The molecule has 0 bridgehead atoms. The quantitative estimate of drug-likeness (QED) is 0.0523. The highest BCUT2D eigenvalue weighted by molar-refractivity contribution is 6.25. The highest BCUT2D eigenvalue weighted by atomic mass is 16.6. The number of likely N-dealkylation sites (N-methyl/N-ethyl adjacent to an activating group) is 1. The molecule has 2 aliphatic heterocycles. The number of hydrogen-bond acceptors (Lipinski definition) is 15. The van der Waals surface area contributed by atoms with Crippen molar-refractivity contribution in [3.8, 4) is 0 Å². The van der Waals surface area contributed by atoms with Crippen LogP contribution >= 0.6 is 0 Å². The predicted molar refractivity (Wildman–Crippen MR) is 234 cm³/mol. The van der Waals surface area contributed by atoms with Crippen LogP contribution in [-0.2, 0) is 44.5 Å². The number of aryl methyl sites for hydroxylation is 1. The van der Waals surface area contributed by atoms with Crippen molar-refractivity contribution in [2.45, 2.75) is 32.2 Å². The van der Waals surface area contributed by atoms with Crippen molar-refractivity contribution in [2.75, 3.05) is 107 Å². The Hall–Kier alpha value is -6.31. The lowest BCUT2D eigenvalue weighted by atomic mass is 10.0. The largest absolute Gasteiger partial charge is 0.382 e. The van der Waals surface area contributed by atoms with Crippen LogP contribution in [0.1, 0.15) is 44.8 Å². The monoisotopic (exact) mass is 866 g/mol. The second-order valence-corrected chi connectivity index (χ2v) is 14.7. The molecule has 63 heavy (non-hydrogen) atoms. The normalized spacial score (nSPS) is 14.7. The summed E-state index contributed by atoms with van der Waals surface area (Å²) >= 11 is 0. The number of rotatable bonds is 26. The zero-order chi connectivity index (χ0) is 44.4. The third-order valence-corrected chi connectivity index (χ3v) is 9.95. The molecule has 334 valence electrons. The minimum atomic E-state index is -1.02. The highest BCUT2D eigenvalue weighted by Crippen LogP contribution is 2.32. The van der Waals surface area contributed by atoms with Gasteiger partial charge in [0.1, 0.15) is 11.9 Å². The minimum absolute atomic E-state index is 0.0607. The summed E-state index contributed by atoms with van der Waals surface area (Å²) in [6, 6.07) is 22.8. The number of hydrogen-bond donors (Lipinski definition) is 4. The molecule has 6 rings (SSSR count). The number of benzene rings is 3. The molecule has 1 aromatic heterocycles. The number of amides is 5. The Labute approximate surface area is 366 Å². The first-order valence-corrected chi connectivity index (χ1v) is 20.9. The van der Waals surface area contributed by atoms with E-state index in [1.54, 1.807) is 18.2 Å².